The summed E-state index contributed by atoms with van der Waals surface area (Å²) in [5.74, 6) is 0.507. The van der Waals surface area contributed by atoms with Gasteiger partial charge in [-0.25, -0.2) is 0 Å². The Hall–Kier alpha value is -0.570. The molecule has 0 fully saturated rings. The van der Waals surface area contributed by atoms with Crippen LogP contribution in [-0.4, -0.2) is 19.2 Å². The zero-order valence-electron chi connectivity index (χ0n) is 12.4. The van der Waals surface area contributed by atoms with Gasteiger partial charge in [0, 0.05) is 11.6 Å². The summed E-state index contributed by atoms with van der Waals surface area (Å²) in [6.07, 6.45) is 1.41. The molecule has 0 heterocycles. The summed E-state index contributed by atoms with van der Waals surface area (Å²) < 4.78 is 6.18. The van der Waals surface area contributed by atoms with E-state index in [1.165, 1.54) is 0 Å². The predicted molar refractivity (Wildman–Crippen MR) is 82.7 cm³/mol. The Morgan fingerprint density at radius 1 is 1.26 bits per heavy atom. The summed E-state index contributed by atoms with van der Waals surface area (Å²) in [7, 11) is 0. The van der Waals surface area contributed by atoms with Crippen LogP contribution in [0, 0.1) is 5.92 Å². The summed E-state index contributed by atoms with van der Waals surface area (Å²) in [4.78, 5) is 0. The van der Waals surface area contributed by atoms with Crippen molar-refractivity contribution in [2.24, 2.45) is 5.92 Å². The molecule has 0 saturated carbocycles. The highest BCUT2D eigenvalue weighted by atomic mass is 35.5. The smallest absolute Gasteiger partial charge is 0.0953 e. The van der Waals surface area contributed by atoms with E-state index in [1.807, 2.05) is 18.2 Å². The lowest BCUT2D eigenvalue weighted by Gasteiger charge is -2.25. The maximum Gasteiger partial charge on any atom is 0.0953 e. The Morgan fingerprint density at radius 3 is 2.58 bits per heavy atom. The Balaban J connectivity index is 2.73. The van der Waals surface area contributed by atoms with Crippen LogP contribution in [0.5, 0.6) is 0 Å². The van der Waals surface area contributed by atoms with Crippen LogP contribution in [-0.2, 0) is 4.74 Å². The van der Waals surface area contributed by atoms with Crippen LogP contribution < -0.4 is 5.32 Å². The average molecular weight is 284 g/mol. The minimum Gasteiger partial charge on any atom is -0.369 e. The fraction of sp³-hybridized carbons (Fsp3) is 0.625. The predicted octanol–water partition coefficient (Wildman–Crippen LogP) is 4.44. The van der Waals surface area contributed by atoms with E-state index in [2.05, 4.69) is 39.1 Å². The minimum atomic E-state index is 0.0580. The second-order valence-electron chi connectivity index (χ2n) is 5.33. The molecule has 1 aromatic rings. The molecule has 0 aromatic heterocycles. The van der Waals surface area contributed by atoms with Crippen molar-refractivity contribution in [1.29, 1.82) is 0 Å². The number of ether oxygens (including phenoxy) is 1. The van der Waals surface area contributed by atoms with Crippen LogP contribution in [0.2, 0.25) is 5.02 Å². The zero-order chi connectivity index (χ0) is 14.3. The van der Waals surface area contributed by atoms with Gasteiger partial charge in [-0.05, 0) is 43.5 Å². The Morgan fingerprint density at radius 2 is 2.00 bits per heavy atom. The van der Waals surface area contributed by atoms with E-state index in [9.17, 15) is 0 Å². The molecule has 19 heavy (non-hydrogen) atoms. The van der Waals surface area contributed by atoms with Crippen molar-refractivity contribution in [3.63, 3.8) is 0 Å². The topological polar surface area (TPSA) is 21.3 Å². The van der Waals surface area contributed by atoms with E-state index in [4.69, 9.17) is 16.3 Å². The van der Waals surface area contributed by atoms with Crippen molar-refractivity contribution < 1.29 is 4.74 Å². The summed E-state index contributed by atoms with van der Waals surface area (Å²) in [6.45, 7) is 10.5. The third-order valence-corrected chi connectivity index (χ3v) is 3.53. The molecule has 1 rings (SSSR count). The number of nitrogens with one attached hydrogen (secondary N) is 1. The third-order valence-electron chi connectivity index (χ3n) is 3.29. The molecule has 3 heteroatoms. The molecule has 0 bridgehead atoms. The van der Waals surface area contributed by atoms with Crippen LogP contribution in [0.25, 0.3) is 0 Å². The van der Waals surface area contributed by atoms with E-state index in [0.29, 0.717) is 5.92 Å². The first-order chi connectivity index (χ1) is 9.04. The Kier molecular flexibility index (Phi) is 7.44. The second kappa shape index (κ2) is 8.57. The van der Waals surface area contributed by atoms with Crippen molar-refractivity contribution in [3.05, 3.63) is 34.9 Å². The Labute approximate surface area is 122 Å². The standard InChI is InChI=1S/C16H26ClNO/c1-5-9-18-11-16(19-13(4)12(2)3)14-7-6-8-15(17)10-14/h6-8,10,12-13,16,18H,5,9,11H2,1-4H3. The number of rotatable bonds is 8. The van der Waals surface area contributed by atoms with E-state index in [-0.39, 0.29) is 12.2 Å². The highest BCUT2D eigenvalue weighted by molar-refractivity contribution is 6.30. The van der Waals surface area contributed by atoms with Crippen LogP contribution >= 0.6 is 11.6 Å². The molecule has 0 spiro atoms. The largest absolute Gasteiger partial charge is 0.369 e. The lowest BCUT2D eigenvalue weighted by molar-refractivity contribution is -0.0258. The quantitative estimate of drug-likeness (QED) is 0.712. The van der Waals surface area contributed by atoms with Crippen molar-refractivity contribution >= 4 is 11.6 Å². The van der Waals surface area contributed by atoms with Gasteiger partial charge >= 0.3 is 0 Å². The van der Waals surface area contributed by atoms with Crippen molar-refractivity contribution in [2.75, 3.05) is 13.1 Å². The molecule has 0 aliphatic rings. The van der Waals surface area contributed by atoms with Gasteiger partial charge in [-0.1, -0.05) is 44.5 Å². The lowest BCUT2D eigenvalue weighted by Crippen LogP contribution is -2.28. The first-order valence-electron chi connectivity index (χ1n) is 7.16. The van der Waals surface area contributed by atoms with Crippen molar-refractivity contribution in [3.8, 4) is 0 Å². The van der Waals surface area contributed by atoms with Gasteiger partial charge in [0.25, 0.3) is 0 Å². The van der Waals surface area contributed by atoms with Gasteiger partial charge in [0.1, 0.15) is 0 Å². The van der Waals surface area contributed by atoms with Gasteiger partial charge in [0.15, 0.2) is 0 Å². The van der Waals surface area contributed by atoms with Gasteiger partial charge in [-0.3, -0.25) is 0 Å². The maximum absolute atomic E-state index is 6.18. The molecule has 0 amide bonds. The first-order valence-corrected chi connectivity index (χ1v) is 7.54. The normalized spacial score (nSPS) is 14.6. The molecule has 1 aromatic carbocycles. The molecule has 0 aliphatic carbocycles. The number of hydrogen-bond donors (Lipinski definition) is 1. The number of hydrogen-bond acceptors (Lipinski definition) is 2. The Bertz CT molecular complexity index is 368. The molecule has 2 atom stereocenters. The van der Waals surface area contributed by atoms with Gasteiger partial charge in [-0.15, -0.1) is 0 Å². The van der Waals surface area contributed by atoms with Crippen molar-refractivity contribution in [1.82, 2.24) is 5.32 Å². The molecule has 0 radical (unpaired) electrons. The van der Waals surface area contributed by atoms with Gasteiger partial charge in [-0.2, -0.15) is 0 Å². The highest BCUT2D eigenvalue weighted by Gasteiger charge is 2.17. The fourth-order valence-electron chi connectivity index (χ4n) is 1.78. The van der Waals surface area contributed by atoms with Crippen LogP contribution in [0.3, 0.4) is 0 Å². The summed E-state index contributed by atoms with van der Waals surface area (Å²) in [5.41, 5.74) is 1.14. The molecular formula is C16H26ClNO. The van der Waals surface area contributed by atoms with E-state index in [1.54, 1.807) is 0 Å². The number of benzene rings is 1. The molecule has 0 aliphatic heterocycles. The van der Waals surface area contributed by atoms with Gasteiger partial charge in [0.2, 0.25) is 0 Å². The summed E-state index contributed by atoms with van der Waals surface area (Å²) in [5, 5.41) is 4.19. The van der Waals surface area contributed by atoms with E-state index < -0.39 is 0 Å². The monoisotopic (exact) mass is 283 g/mol. The molecule has 2 unspecified atom stereocenters. The molecule has 1 N–H and O–H groups in total. The number of halogens is 1. The van der Waals surface area contributed by atoms with E-state index in [0.717, 1.165) is 30.1 Å². The first kappa shape index (κ1) is 16.5. The summed E-state index contributed by atoms with van der Waals surface area (Å²) in [6, 6.07) is 7.95. The van der Waals surface area contributed by atoms with Crippen LogP contribution in [0.1, 0.15) is 45.8 Å². The SMILES string of the molecule is CCCNCC(OC(C)C(C)C)c1cccc(Cl)c1. The molecule has 0 saturated heterocycles. The highest BCUT2D eigenvalue weighted by Crippen LogP contribution is 2.23. The average Bonchev–Trinajstić information content (AvgIpc) is 2.37. The summed E-state index contributed by atoms with van der Waals surface area (Å²) >= 11 is 6.07. The molecule has 108 valence electrons. The molecule has 2 nitrogen and oxygen atoms in total. The molecular weight excluding hydrogens is 258 g/mol. The zero-order valence-corrected chi connectivity index (χ0v) is 13.2. The lowest BCUT2D eigenvalue weighted by atomic mass is 10.1. The van der Waals surface area contributed by atoms with Gasteiger partial charge in [0.05, 0.1) is 12.2 Å². The maximum atomic E-state index is 6.18. The fourth-order valence-corrected chi connectivity index (χ4v) is 1.98. The van der Waals surface area contributed by atoms with E-state index >= 15 is 0 Å². The third kappa shape index (κ3) is 5.94. The second-order valence-corrected chi connectivity index (χ2v) is 5.77. The van der Waals surface area contributed by atoms with Gasteiger partial charge < -0.3 is 10.1 Å². The minimum absolute atomic E-state index is 0.0580. The van der Waals surface area contributed by atoms with Crippen molar-refractivity contribution in [2.45, 2.75) is 46.3 Å². The van der Waals surface area contributed by atoms with Crippen LogP contribution in [0.4, 0.5) is 0 Å². The van der Waals surface area contributed by atoms with Crippen LogP contribution in [0.15, 0.2) is 24.3 Å².